The number of rotatable bonds is 3. The van der Waals surface area contributed by atoms with E-state index in [4.69, 9.17) is 4.84 Å². The van der Waals surface area contributed by atoms with Crippen LogP contribution < -0.4 is 5.32 Å². The first-order chi connectivity index (χ1) is 10.6. The fourth-order valence-corrected chi connectivity index (χ4v) is 2.18. The molecule has 2 aromatic rings. The summed E-state index contributed by atoms with van der Waals surface area (Å²) in [7, 11) is 0. The predicted octanol–water partition coefficient (Wildman–Crippen LogP) is 2.66. The van der Waals surface area contributed by atoms with Crippen LogP contribution in [0.25, 0.3) is 0 Å². The van der Waals surface area contributed by atoms with Gasteiger partial charge in [-0.3, -0.25) is 4.79 Å². The molecule has 5 nitrogen and oxygen atoms in total. The predicted molar refractivity (Wildman–Crippen MR) is 79.2 cm³/mol. The fourth-order valence-electron chi connectivity index (χ4n) is 2.18. The molecule has 22 heavy (non-hydrogen) atoms. The molecule has 0 aromatic heterocycles. The molecule has 1 aliphatic heterocycles. The highest BCUT2D eigenvalue weighted by molar-refractivity contribution is 6.06. The number of phenolic OH excluding ortho intramolecular Hbond substituents is 1. The molecule has 0 saturated heterocycles. The normalized spacial score (nSPS) is 16.8. The summed E-state index contributed by atoms with van der Waals surface area (Å²) in [4.78, 5) is 17.2. The van der Waals surface area contributed by atoms with Crippen LogP contribution in [-0.4, -0.2) is 22.8 Å². The molecular weight excluding hydrogens is 287 g/mol. The maximum Gasteiger partial charge on any atom is 0.268 e. The largest absolute Gasteiger partial charge is 0.508 e. The molecule has 2 N–H and O–H groups in total. The minimum atomic E-state index is -0.822. The number of carbonyl (C=O) groups is 1. The van der Waals surface area contributed by atoms with Crippen molar-refractivity contribution in [2.24, 2.45) is 5.16 Å². The van der Waals surface area contributed by atoms with Gasteiger partial charge in [-0.15, -0.1) is 0 Å². The molecular formula is C16H13FN2O3. The van der Waals surface area contributed by atoms with Gasteiger partial charge >= 0.3 is 0 Å². The Morgan fingerprint density at radius 2 is 2.09 bits per heavy atom. The number of carbonyl (C=O) groups excluding carboxylic acids is 1. The minimum absolute atomic E-state index is 0.0495. The van der Waals surface area contributed by atoms with E-state index in [9.17, 15) is 14.3 Å². The van der Waals surface area contributed by atoms with E-state index in [1.807, 2.05) is 0 Å². The van der Waals surface area contributed by atoms with E-state index in [0.717, 1.165) is 0 Å². The van der Waals surface area contributed by atoms with Crippen LogP contribution in [0.3, 0.4) is 0 Å². The number of aromatic hydroxyl groups is 1. The number of oxime groups is 1. The lowest BCUT2D eigenvalue weighted by molar-refractivity contribution is -0.125. The van der Waals surface area contributed by atoms with E-state index in [-0.39, 0.29) is 12.2 Å². The van der Waals surface area contributed by atoms with Crippen LogP contribution in [0.1, 0.15) is 12.0 Å². The van der Waals surface area contributed by atoms with Gasteiger partial charge in [0, 0.05) is 23.7 Å². The second-order valence-corrected chi connectivity index (χ2v) is 4.86. The first-order valence-corrected chi connectivity index (χ1v) is 6.71. The summed E-state index contributed by atoms with van der Waals surface area (Å²) in [6.07, 6.45) is -0.636. The summed E-state index contributed by atoms with van der Waals surface area (Å²) in [6, 6.07) is 12.4. The number of benzene rings is 2. The highest BCUT2D eigenvalue weighted by atomic mass is 19.1. The summed E-state index contributed by atoms with van der Waals surface area (Å²) >= 11 is 0. The Morgan fingerprint density at radius 3 is 2.86 bits per heavy atom. The number of amides is 1. The van der Waals surface area contributed by atoms with Gasteiger partial charge in [0.15, 0.2) is 0 Å². The molecule has 0 radical (unpaired) electrons. The number of hydrogen-bond donors (Lipinski definition) is 2. The minimum Gasteiger partial charge on any atom is -0.508 e. The summed E-state index contributed by atoms with van der Waals surface area (Å²) in [5, 5.41) is 15.8. The van der Waals surface area contributed by atoms with E-state index in [1.165, 1.54) is 18.2 Å². The van der Waals surface area contributed by atoms with Crippen LogP contribution in [0.4, 0.5) is 10.1 Å². The van der Waals surface area contributed by atoms with Crippen molar-refractivity contribution in [3.05, 3.63) is 59.9 Å². The Morgan fingerprint density at radius 1 is 1.27 bits per heavy atom. The average molecular weight is 300 g/mol. The Bertz CT molecular complexity index is 746. The monoisotopic (exact) mass is 300 g/mol. The maximum absolute atomic E-state index is 13.7. The summed E-state index contributed by atoms with van der Waals surface area (Å²) in [5.41, 5.74) is 1.18. The van der Waals surface area contributed by atoms with E-state index < -0.39 is 17.8 Å². The highest BCUT2D eigenvalue weighted by Gasteiger charge is 2.30. The van der Waals surface area contributed by atoms with Gasteiger partial charge in [-0.25, -0.2) is 4.39 Å². The van der Waals surface area contributed by atoms with E-state index >= 15 is 0 Å². The van der Waals surface area contributed by atoms with Gasteiger partial charge in [0.05, 0.1) is 5.71 Å². The molecule has 0 spiro atoms. The third kappa shape index (κ3) is 2.90. The molecule has 0 aliphatic carbocycles. The van der Waals surface area contributed by atoms with Crippen LogP contribution >= 0.6 is 0 Å². The van der Waals surface area contributed by atoms with Crippen LogP contribution in [0.2, 0.25) is 0 Å². The van der Waals surface area contributed by atoms with E-state index in [2.05, 4.69) is 10.5 Å². The Hall–Kier alpha value is -2.89. The highest BCUT2D eigenvalue weighted by Crippen LogP contribution is 2.21. The van der Waals surface area contributed by atoms with Gasteiger partial charge in [-0.1, -0.05) is 29.4 Å². The third-order valence-corrected chi connectivity index (χ3v) is 3.26. The van der Waals surface area contributed by atoms with Crippen molar-refractivity contribution in [1.82, 2.24) is 0 Å². The zero-order valence-corrected chi connectivity index (χ0v) is 11.5. The first-order valence-electron chi connectivity index (χ1n) is 6.71. The maximum atomic E-state index is 13.7. The summed E-state index contributed by atoms with van der Waals surface area (Å²) in [6.45, 7) is 0. The first kappa shape index (κ1) is 14.1. The Balaban J connectivity index is 1.67. The number of nitrogens with zero attached hydrogens (tertiary/aromatic N) is 1. The zero-order chi connectivity index (χ0) is 15.5. The zero-order valence-electron chi connectivity index (χ0n) is 11.5. The molecule has 0 saturated carbocycles. The van der Waals surface area contributed by atoms with Crippen LogP contribution in [0, 0.1) is 5.82 Å². The van der Waals surface area contributed by atoms with Crippen molar-refractivity contribution >= 4 is 17.3 Å². The van der Waals surface area contributed by atoms with Crippen molar-refractivity contribution in [1.29, 1.82) is 0 Å². The molecule has 0 bridgehead atoms. The molecule has 3 rings (SSSR count). The van der Waals surface area contributed by atoms with Crippen molar-refractivity contribution < 1.29 is 19.1 Å². The van der Waals surface area contributed by atoms with Crippen molar-refractivity contribution in [2.45, 2.75) is 12.5 Å². The van der Waals surface area contributed by atoms with Crippen LogP contribution in [0.15, 0.2) is 53.7 Å². The third-order valence-electron chi connectivity index (χ3n) is 3.26. The SMILES string of the molecule is O=C(Nc1cccc(O)c1)C1CC(c2ccccc2F)=NO1. The van der Waals surface area contributed by atoms with Crippen molar-refractivity contribution in [3.8, 4) is 5.75 Å². The quantitative estimate of drug-likeness (QED) is 0.915. The lowest BCUT2D eigenvalue weighted by Gasteiger charge is -2.09. The number of halogens is 1. The van der Waals surface area contributed by atoms with E-state index in [1.54, 1.807) is 30.3 Å². The van der Waals surface area contributed by atoms with Crippen LogP contribution in [-0.2, 0) is 9.63 Å². The van der Waals surface area contributed by atoms with Crippen molar-refractivity contribution in [3.63, 3.8) is 0 Å². The average Bonchev–Trinajstić information content (AvgIpc) is 2.97. The van der Waals surface area contributed by atoms with Gasteiger partial charge in [0.2, 0.25) is 6.10 Å². The second-order valence-electron chi connectivity index (χ2n) is 4.86. The number of anilines is 1. The standard InChI is InChI=1S/C16H13FN2O3/c17-13-7-2-1-6-12(13)14-9-15(22-19-14)16(21)18-10-4-3-5-11(20)8-10/h1-8,15,20H,9H2,(H,18,21). The van der Waals surface area contributed by atoms with Gasteiger partial charge in [0.1, 0.15) is 11.6 Å². The molecule has 1 unspecified atom stereocenters. The summed E-state index contributed by atoms with van der Waals surface area (Å²) in [5.74, 6) is -0.756. The lowest BCUT2D eigenvalue weighted by Crippen LogP contribution is -2.28. The molecule has 112 valence electrons. The fraction of sp³-hybridized carbons (Fsp3) is 0.125. The summed E-state index contributed by atoms with van der Waals surface area (Å²) < 4.78 is 13.7. The van der Waals surface area contributed by atoms with Crippen molar-refractivity contribution in [2.75, 3.05) is 5.32 Å². The molecule has 0 fully saturated rings. The number of nitrogens with one attached hydrogen (secondary N) is 1. The lowest BCUT2D eigenvalue weighted by atomic mass is 10.0. The van der Waals surface area contributed by atoms with Gasteiger partial charge < -0.3 is 15.3 Å². The van der Waals surface area contributed by atoms with Gasteiger partial charge in [-0.2, -0.15) is 0 Å². The molecule has 1 heterocycles. The Kier molecular flexibility index (Phi) is 3.74. The number of hydrogen-bond acceptors (Lipinski definition) is 4. The van der Waals surface area contributed by atoms with E-state index in [0.29, 0.717) is 17.0 Å². The Labute approximate surface area is 126 Å². The molecule has 2 aromatic carbocycles. The van der Waals surface area contributed by atoms with Gasteiger partial charge in [-0.05, 0) is 18.2 Å². The second kappa shape index (κ2) is 5.85. The molecule has 1 amide bonds. The smallest absolute Gasteiger partial charge is 0.268 e. The topological polar surface area (TPSA) is 70.9 Å². The van der Waals surface area contributed by atoms with Gasteiger partial charge in [0.25, 0.3) is 5.91 Å². The molecule has 1 aliphatic rings. The number of phenols is 1. The molecule has 6 heteroatoms. The molecule has 1 atom stereocenters. The van der Waals surface area contributed by atoms with Crippen LogP contribution in [0.5, 0.6) is 5.75 Å².